The molecule has 17 heavy (non-hydrogen) atoms. The van der Waals surface area contributed by atoms with Gasteiger partial charge in [0.05, 0.1) is 11.2 Å². The number of aromatic nitrogens is 3. The molecule has 0 aliphatic heterocycles. The summed E-state index contributed by atoms with van der Waals surface area (Å²) in [6.45, 7) is 5.67. The lowest BCUT2D eigenvalue weighted by molar-refractivity contribution is 0.452. The van der Waals surface area contributed by atoms with Gasteiger partial charge in [0.2, 0.25) is 5.88 Å². The Balaban J connectivity index is 2.36. The van der Waals surface area contributed by atoms with Crippen molar-refractivity contribution in [3.05, 3.63) is 40.6 Å². The first kappa shape index (κ1) is 11.8. The normalized spacial score (nSPS) is 10.4. The summed E-state index contributed by atoms with van der Waals surface area (Å²) >= 11 is 5.84. The van der Waals surface area contributed by atoms with Crippen molar-refractivity contribution in [2.45, 2.75) is 20.8 Å². The maximum atomic E-state index is 5.84. The highest BCUT2D eigenvalue weighted by Gasteiger charge is 2.08. The molecule has 0 N–H and O–H groups in total. The third-order valence-electron chi connectivity index (χ3n) is 2.35. The van der Waals surface area contributed by atoms with Crippen molar-refractivity contribution in [1.82, 2.24) is 15.0 Å². The SMILES string of the molecule is Cc1nc(C)c(C)c(Oc2cncc(Cl)c2)n1. The lowest BCUT2D eigenvalue weighted by atomic mass is 10.2. The summed E-state index contributed by atoms with van der Waals surface area (Å²) in [6, 6.07) is 1.70. The van der Waals surface area contributed by atoms with E-state index in [-0.39, 0.29) is 0 Å². The standard InChI is InChI=1S/C12H12ClN3O/c1-7-8(2)15-9(3)16-12(7)17-11-4-10(13)5-14-6-11/h4-6H,1-3H3. The Bertz CT molecular complexity index is 557. The summed E-state index contributed by atoms with van der Waals surface area (Å²) in [5.41, 5.74) is 1.82. The van der Waals surface area contributed by atoms with Gasteiger partial charge >= 0.3 is 0 Å². The highest BCUT2D eigenvalue weighted by Crippen LogP contribution is 2.25. The summed E-state index contributed by atoms with van der Waals surface area (Å²) in [6.07, 6.45) is 3.15. The molecule has 0 fully saturated rings. The van der Waals surface area contributed by atoms with Crippen LogP contribution in [0.2, 0.25) is 5.02 Å². The van der Waals surface area contributed by atoms with Crippen LogP contribution in [0, 0.1) is 20.8 Å². The quantitative estimate of drug-likeness (QED) is 0.820. The van der Waals surface area contributed by atoms with Crippen LogP contribution in [0.15, 0.2) is 18.5 Å². The van der Waals surface area contributed by atoms with Crippen LogP contribution in [0.25, 0.3) is 0 Å². The van der Waals surface area contributed by atoms with Gasteiger partial charge in [0.25, 0.3) is 0 Å². The third kappa shape index (κ3) is 2.71. The Labute approximate surface area is 105 Å². The van der Waals surface area contributed by atoms with E-state index in [1.807, 2.05) is 20.8 Å². The molecule has 88 valence electrons. The first-order chi connectivity index (χ1) is 8.06. The Morgan fingerprint density at radius 1 is 1.12 bits per heavy atom. The molecule has 0 radical (unpaired) electrons. The van der Waals surface area contributed by atoms with Crippen molar-refractivity contribution >= 4 is 11.6 Å². The zero-order valence-corrected chi connectivity index (χ0v) is 10.6. The number of halogens is 1. The number of rotatable bonds is 2. The van der Waals surface area contributed by atoms with E-state index in [9.17, 15) is 0 Å². The molecule has 0 aliphatic rings. The van der Waals surface area contributed by atoms with Crippen LogP contribution in [-0.2, 0) is 0 Å². The van der Waals surface area contributed by atoms with Gasteiger partial charge in [-0.1, -0.05) is 11.6 Å². The van der Waals surface area contributed by atoms with E-state index >= 15 is 0 Å². The number of aryl methyl sites for hydroxylation is 2. The molecule has 2 aromatic rings. The fourth-order valence-electron chi connectivity index (χ4n) is 1.40. The topological polar surface area (TPSA) is 47.9 Å². The van der Waals surface area contributed by atoms with E-state index in [1.54, 1.807) is 18.5 Å². The molecular formula is C12H12ClN3O. The zero-order valence-electron chi connectivity index (χ0n) is 9.86. The van der Waals surface area contributed by atoms with Gasteiger partial charge in [0.15, 0.2) is 0 Å². The van der Waals surface area contributed by atoms with Crippen molar-refractivity contribution in [3.8, 4) is 11.6 Å². The van der Waals surface area contributed by atoms with Gasteiger partial charge in [-0.25, -0.2) is 4.98 Å². The molecule has 4 nitrogen and oxygen atoms in total. The highest BCUT2D eigenvalue weighted by molar-refractivity contribution is 6.30. The van der Waals surface area contributed by atoms with Gasteiger partial charge in [0, 0.05) is 23.5 Å². The lowest BCUT2D eigenvalue weighted by Gasteiger charge is -2.09. The number of hydrogen-bond acceptors (Lipinski definition) is 4. The number of nitrogens with zero attached hydrogens (tertiary/aromatic N) is 3. The van der Waals surface area contributed by atoms with Crippen molar-refractivity contribution in [3.63, 3.8) is 0 Å². The van der Waals surface area contributed by atoms with Gasteiger partial charge in [-0.05, 0) is 20.8 Å². The molecule has 5 heteroatoms. The molecule has 0 unspecified atom stereocenters. The summed E-state index contributed by atoms with van der Waals surface area (Å²) in [5.74, 6) is 1.79. The van der Waals surface area contributed by atoms with Crippen LogP contribution < -0.4 is 4.74 Å². The second-order valence-corrected chi connectivity index (χ2v) is 4.16. The predicted octanol–water partition coefficient (Wildman–Crippen LogP) is 3.24. The van der Waals surface area contributed by atoms with E-state index in [0.29, 0.717) is 22.5 Å². The van der Waals surface area contributed by atoms with E-state index in [4.69, 9.17) is 16.3 Å². The third-order valence-corrected chi connectivity index (χ3v) is 2.56. The Kier molecular flexibility index (Phi) is 3.24. The minimum absolute atomic E-state index is 0.530. The Morgan fingerprint density at radius 2 is 1.88 bits per heavy atom. The highest BCUT2D eigenvalue weighted by atomic mass is 35.5. The largest absolute Gasteiger partial charge is 0.437 e. The molecule has 2 aromatic heterocycles. The molecule has 0 aromatic carbocycles. The summed E-state index contributed by atoms with van der Waals surface area (Å²) < 4.78 is 5.65. The van der Waals surface area contributed by atoms with Crippen molar-refractivity contribution in [2.75, 3.05) is 0 Å². The predicted molar refractivity (Wildman–Crippen MR) is 65.6 cm³/mol. The van der Waals surface area contributed by atoms with E-state index in [2.05, 4.69) is 15.0 Å². The number of ether oxygens (including phenoxy) is 1. The second-order valence-electron chi connectivity index (χ2n) is 3.73. The van der Waals surface area contributed by atoms with E-state index in [1.165, 1.54) is 0 Å². The number of pyridine rings is 1. The molecule has 2 rings (SSSR count). The summed E-state index contributed by atoms with van der Waals surface area (Å²) in [4.78, 5) is 12.5. The fourth-order valence-corrected chi connectivity index (χ4v) is 1.56. The smallest absolute Gasteiger partial charge is 0.225 e. The minimum Gasteiger partial charge on any atom is -0.437 e. The van der Waals surface area contributed by atoms with Gasteiger partial charge in [-0.3, -0.25) is 4.98 Å². The number of hydrogen-bond donors (Lipinski definition) is 0. The Morgan fingerprint density at radius 3 is 2.59 bits per heavy atom. The van der Waals surface area contributed by atoms with Crippen molar-refractivity contribution in [2.24, 2.45) is 0 Å². The van der Waals surface area contributed by atoms with Crippen molar-refractivity contribution in [1.29, 1.82) is 0 Å². The van der Waals surface area contributed by atoms with Crippen LogP contribution in [0.4, 0.5) is 0 Å². The first-order valence-electron chi connectivity index (χ1n) is 5.16. The van der Waals surface area contributed by atoms with E-state index in [0.717, 1.165) is 11.3 Å². The summed E-state index contributed by atoms with van der Waals surface area (Å²) in [7, 11) is 0. The molecule has 0 bridgehead atoms. The molecule has 0 atom stereocenters. The minimum atomic E-state index is 0.530. The first-order valence-corrected chi connectivity index (χ1v) is 5.54. The molecule has 0 saturated heterocycles. The van der Waals surface area contributed by atoms with Crippen LogP contribution in [0.3, 0.4) is 0 Å². The second kappa shape index (κ2) is 4.67. The molecule has 0 saturated carbocycles. The van der Waals surface area contributed by atoms with Crippen LogP contribution in [-0.4, -0.2) is 15.0 Å². The average Bonchev–Trinajstić information content (AvgIpc) is 2.25. The van der Waals surface area contributed by atoms with Gasteiger partial charge in [-0.15, -0.1) is 0 Å². The molecule has 0 amide bonds. The van der Waals surface area contributed by atoms with Gasteiger partial charge in [-0.2, -0.15) is 4.98 Å². The average molecular weight is 250 g/mol. The zero-order chi connectivity index (χ0) is 12.4. The lowest BCUT2D eigenvalue weighted by Crippen LogP contribution is -1.99. The van der Waals surface area contributed by atoms with Gasteiger partial charge < -0.3 is 4.74 Å². The van der Waals surface area contributed by atoms with Gasteiger partial charge in [0.1, 0.15) is 11.6 Å². The van der Waals surface area contributed by atoms with E-state index < -0.39 is 0 Å². The molecular weight excluding hydrogens is 238 g/mol. The van der Waals surface area contributed by atoms with Crippen LogP contribution in [0.1, 0.15) is 17.1 Å². The summed E-state index contributed by atoms with van der Waals surface area (Å²) in [5, 5.41) is 0.530. The molecule has 2 heterocycles. The monoisotopic (exact) mass is 249 g/mol. The maximum Gasteiger partial charge on any atom is 0.225 e. The fraction of sp³-hybridized carbons (Fsp3) is 0.250. The Hall–Kier alpha value is -1.68. The molecule has 0 spiro atoms. The van der Waals surface area contributed by atoms with Crippen LogP contribution in [0.5, 0.6) is 11.6 Å². The van der Waals surface area contributed by atoms with Crippen LogP contribution >= 0.6 is 11.6 Å². The van der Waals surface area contributed by atoms with Crippen molar-refractivity contribution < 1.29 is 4.74 Å². The molecule has 0 aliphatic carbocycles. The maximum absolute atomic E-state index is 5.84.